The highest BCUT2D eigenvalue weighted by Crippen LogP contribution is 2.36. The van der Waals surface area contributed by atoms with Crippen LogP contribution in [-0.2, 0) is 26.1 Å². The Morgan fingerprint density at radius 1 is 1.03 bits per heavy atom. The van der Waals surface area contributed by atoms with E-state index in [0.29, 0.717) is 50.4 Å². The number of nitrogens with one attached hydrogen (secondary N) is 1. The molecule has 1 amide bonds. The van der Waals surface area contributed by atoms with Crippen molar-refractivity contribution < 1.29 is 23.7 Å². The smallest absolute Gasteiger partial charge is 0.257 e. The number of amides is 1. The summed E-state index contributed by atoms with van der Waals surface area (Å²) in [4.78, 5) is 28.5. The molecule has 1 aromatic heterocycles. The number of aromatic nitrogens is 1. The van der Waals surface area contributed by atoms with Crippen molar-refractivity contribution in [3.05, 3.63) is 81.3 Å². The Bertz CT molecular complexity index is 1340. The number of hydrogen-bond donors (Lipinski definition) is 1. The number of rotatable bonds is 7. The van der Waals surface area contributed by atoms with Gasteiger partial charge in [-0.25, -0.2) is 0 Å². The summed E-state index contributed by atoms with van der Waals surface area (Å²) in [5.41, 5.74) is 2.86. The Morgan fingerprint density at radius 3 is 2.72 bits per heavy atom. The van der Waals surface area contributed by atoms with Crippen LogP contribution in [0.25, 0.3) is 0 Å². The van der Waals surface area contributed by atoms with Crippen molar-refractivity contribution >= 4 is 5.91 Å². The molecule has 188 valence electrons. The van der Waals surface area contributed by atoms with E-state index in [4.69, 9.17) is 18.9 Å². The third kappa shape index (κ3) is 4.74. The predicted molar refractivity (Wildman–Crippen MR) is 133 cm³/mol. The average Bonchev–Trinajstić information content (AvgIpc) is 3.29. The summed E-state index contributed by atoms with van der Waals surface area (Å²) in [6.45, 7) is 3.01. The van der Waals surface area contributed by atoms with Crippen molar-refractivity contribution in [2.75, 3.05) is 34.1 Å². The van der Waals surface area contributed by atoms with Gasteiger partial charge in [-0.15, -0.1) is 0 Å². The lowest BCUT2D eigenvalue weighted by molar-refractivity contribution is 0.0945. The second-order valence-corrected chi connectivity index (χ2v) is 8.74. The van der Waals surface area contributed by atoms with Crippen LogP contribution in [0.3, 0.4) is 0 Å². The minimum absolute atomic E-state index is 0.176. The van der Waals surface area contributed by atoms with Gasteiger partial charge in [-0.05, 0) is 23.8 Å². The van der Waals surface area contributed by atoms with E-state index in [1.807, 2.05) is 42.5 Å². The van der Waals surface area contributed by atoms with E-state index in [0.717, 1.165) is 28.4 Å². The predicted octanol–water partition coefficient (Wildman–Crippen LogP) is 2.58. The van der Waals surface area contributed by atoms with Gasteiger partial charge in [0.2, 0.25) is 6.79 Å². The molecule has 0 spiro atoms. The van der Waals surface area contributed by atoms with Crippen molar-refractivity contribution in [1.29, 1.82) is 0 Å². The molecular formula is C27H29N3O6. The average molecular weight is 492 g/mol. The molecule has 0 saturated carbocycles. The van der Waals surface area contributed by atoms with Crippen LogP contribution in [-0.4, -0.2) is 49.5 Å². The largest absolute Gasteiger partial charge is 0.497 e. The van der Waals surface area contributed by atoms with Gasteiger partial charge in [0.15, 0.2) is 11.5 Å². The lowest BCUT2D eigenvalue weighted by Gasteiger charge is -2.20. The lowest BCUT2D eigenvalue weighted by Crippen LogP contribution is -2.31. The minimum atomic E-state index is -0.279. The molecule has 0 unspecified atom stereocenters. The van der Waals surface area contributed by atoms with Gasteiger partial charge in [0, 0.05) is 56.5 Å². The second-order valence-electron chi connectivity index (χ2n) is 8.74. The number of hydrogen-bond acceptors (Lipinski definition) is 7. The van der Waals surface area contributed by atoms with Crippen LogP contribution in [0.1, 0.15) is 27.2 Å². The first-order valence-corrected chi connectivity index (χ1v) is 11.9. The van der Waals surface area contributed by atoms with Crippen molar-refractivity contribution in [1.82, 2.24) is 14.8 Å². The molecule has 0 saturated heterocycles. The Morgan fingerprint density at radius 2 is 1.89 bits per heavy atom. The highest BCUT2D eigenvalue weighted by molar-refractivity contribution is 5.98. The van der Waals surface area contributed by atoms with E-state index in [-0.39, 0.29) is 24.0 Å². The van der Waals surface area contributed by atoms with Gasteiger partial charge in [0.25, 0.3) is 11.5 Å². The fraction of sp³-hybridized carbons (Fsp3) is 0.333. The molecule has 2 aliphatic heterocycles. The standard InChI is InChI=1S/C27H29N3O6/c1-33-20-7-3-5-18(13-20)15-28-27(32)25-21-9-10-29(11-12-30(21)24(31)14-23(25)34-2)16-19-6-4-8-22-26(19)36-17-35-22/h3-8,13-14H,9-12,15-17H2,1-2H3,(H,28,32). The zero-order chi connectivity index (χ0) is 25.1. The van der Waals surface area contributed by atoms with Crippen molar-refractivity contribution in [2.45, 2.75) is 26.1 Å². The number of ether oxygens (including phenoxy) is 4. The van der Waals surface area contributed by atoms with Gasteiger partial charge in [-0.2, -0.15) is 0 Å². The third-order valence-electron chi connectivity index (χ3n) is 6.59. The molecule has 9 heteroatoms. The zero-order valence-electron chi connectivity index (χ0n) is 20.4. The van der Waals surface area contributed by atoms with Gasteiger partial charge >= 0.3 is 0 Å². The molecule has 5 rings (SSSR count). The SMILES string of the molecule is COc1cccc(CNC(=O)c2c(OC)cc(=O)n3c2CCN(Cc2cccc4c2OCO4)CC3)c1. The molecule has 0 bridgehead atoms. The number of fused-ring (bicyclic) bond motifs is 2. The molecule has 2 aromatic carbocycles. The molecule has 2 aliphatic rings. The summed E-state index contributed by atoms with van der Waals surface area (Å²) >= 11 is 0. The molecule has 36 heavy (non-hydrogen) atoms. The van der Waals surface area contributed by atoms with Crippen LogP contribution in [0.15, 0.2) is 53.3 Å². The Kier molecular flexibility index (Phi) is 6.81. The number of nitrogens with zero attached hydrogens (tertiary/aromatic N) is 2. The first kappa shape index (κ1) is 23.7. The molecule has 0 radical (unpaired) electrons. The molecule has 3 heterocycles. The van der Waals surface area contributed by atoms with E-state index in [1.54, 1.807) is 11.7 Å². The van der Waals surface area contributed by atoms with Gasteiger partial charge in [-0.3, -0.25) is 14.5 Å². The molecule has 0 fully saturated rings. The summed E-state index contributed by atoms with van der Waals surface area (Å²) in [5.74, 6) is 2.26. The van der Waals surface area contributed by atoms with E-state index in [9.17, 15) is 9.59 Å². The van der Waals surface area contributed by atoms with Crippen LogP contribution in [0.5, 0.6) is 23.0 Å². The maximum atomic E-state index is 13.4. The number of benzene rings is 2. The van der Waals surface area contributed by atoms with Crippen LogP contribution >= 0.6 is 0 Å². The number of methoxy groups -OCH3 is 2. The number of carbonyl (C=O) groups excluding carboxylic acids is 1. The fourth-order valence-corrected chi connectivity index (χ4v) is 4.77. The van der Waals surface area contributed by atoms with Crippen molar-refractivity contribution in [3.63, 3.8) is 0 Å². The number of pyridine rings is 1. The van der Waals surface area contributed by atoms with E-state index >= 15 is 0 Å². The molecule has 3 aromatic rings. The topological polar surface area (TPSA) is 91.3 Å². The Labute approximate surface area is 209 Å². The molecule has 0 aliphatic carbocycles. The van der Waals surface area contributed by atoms with Crippen LogP contribution < -0.4 is 29.8 Å². The highest BCUT2D eigenvalue weighted by atomic mass is 16.7. The third-order valence-corrected chi connectivity index (χ3v) is 6.59. The molecule has 1 N–H and O–H groups in total. The van der Waals surface area contributed by atoms with Crippen LogP contribution in [0, 0.1) is 0 Å². The van der Waals surface area contributed by atoms with Gasteiger partial charge in [0.05, 0.1) is 14.2 Å². The fourth-order valence-electron chi connectivity index (χ4n) is 4.77. The Hall–Kier alpha value is -3.98. The molecule has 0 atom stereocenters. The maximum Gasteiger partial charge on any atom is 0.257 e. The van der Waals surface area contributed by atoms with Crippen molar-refractivity contribution in [3.8, 4) is 23.0 Å². The van der Waals surface area contributed by atoms with Crippen molar-refractivity contribution in [2.24, 2.45) is 0 Å². The first-order chi connectivity index (χ1) is 17.6. The number of carbonyl (C=O) groups is 1. The molecular weight excluding hydrogens is 462 g/mol. The lowest BCUT2D eigenvalue weighted by atomic mass is 10.1. The second kappa shape index (κ2) is 10.3. The maximum absolute atomic E-state index is 13.4. The summed E-state index contributed by atoms with van der Waals surface area (Å²) in [6.07, 6.45) is 0.529. The van der Waals surface area contributed by atoms with Gasteiger partial charge < -0.3 is 28.8 Å². The van der Waals surface area contributed by atoms with Gasteiger partial charge in [-0.1, -0.05) is 24.3 Å². The minimum Gasteiger partial charge on any atom is -0.497 e. The first-order valence-electron chi connectivity index (χ1n) is 11.9. The van der Waals surface area contributed by atoms with E-state index < -0.39 is 0 Å². The quantitative estimate of drug-likeness (QED) is 0.543. The van der Waals surface area contributed by atoms with Gasteiger partial charge in [0.1, 0.15) is 17.1 Å². The van der Waals surface area contributed by atoms with E-state index in [2.05, 4.69) is 10.2 Å². The van der Waals surface area contributed by atoms with Crippen LogP contribution in [0.4, 0.5) is 0 Å². The van der Waals surface area contributed by atoms with E-state index in [1.165, 1.54) is 13.2 Å². The summed E-state index contributed by atoms with van der Waals surface area (Å²) in [5, 5.41) is 2.98. The highest BCUT2D eigenvalue weighted by Gasteiger charge is 2.26. The monoisotopic (exact) mass is 491 g/mol. The summed E-state index contributed by atoms with van der Waals surface area (Å²) in [6, 6.07) is 14.8. The van der Waals surface area contributed by atoms with Crippen LogP contribution in [0.2, 0.25) is 0 Å². The summed E-state index contributed by atoms with van der Waals surface area (Å²) in [7, 11) is 3.08. The number of para-hydroxylation sites is 1. The zero-order valence-corrected chi connectivity index (χ0v) is 20.4. The summed E-state index contributed by atoms with van der Waals surface area (Å²) < 4.78 is 23.6. The molecule has 9 nitrogen and oxygen atoms in total. The normalized spacial score (nSPS) is 14.6. The Balaban J connectivity index is 1.37.